The van der Waals surface area contributed by atoms with E-state index in [0.29, 0.717) is 16.7 Å². The predicted octanol–water partition coefficient (Wildman–Crippen LogP) is 5.46. The number of rotatable bonds is 6. The van der Waals surface area contributed by atoms with Crippen molar-refractivity contribution in [1.29, 1.82) is 0 Å². The molecule has 0 aliphatic carbocycles. The first-order chi connectivity index (χ1) is 15.7. The van der Waals surface area contributed by atoms with E-state index >= 15 is 0 Å². The summed E-state index contributed by atoms with van der Waals surface area (Å²) in [6.07, 6.45) is 2.44. The molecule has 0 saturated carbocycles. The highest BCUT2D eigenvalue weighted by atomic mass is 79.9. The van der Waals surface area contributed by atoms with Gasteiger partial charge in [-0.15, -0.1) is 0 Å². The second-order valence-electron chi connectivity index (χ2n) is 8.20. The third-order valence-corrected chi connectivity index (χ3v) is 6.63. The fourth-order valence-corrected chi connectivity index (χ4v) is 4.44. The van der Waals surface area contributed by atoms with Crippen LogP contribution in [-0.4, -0.2) is 31.5 Å². The number of hydrogen-bond donors (Lipinski definition) is 1. The van der Waals surface area contributed by atoms with Crippen LogP contribution >= 0.6 is 15.9 Å². The number of hydrogen-bond acceptors (Lipinski definition) is 4. The fourth-order valence-electron chi connectivity index (χ4n) is 4.08. The molecule has 0 fully saturated rings. The molecule has 8 heteroatoms. The van der Waals surface area contributed by atoms with Gasteiger partial charge in [0.05, 0.1) is 17.1 Å². The first-order valence-corrected chi connectivity index (χ1v) is 11.6. The van der Waals surface area contributed by atoms with Crippen molar-refractivity contribution in [2.75, 3.05) is 0 Å². The SMILES string of the molecule is CC[C@@H](C)c1nc2ccc(Br)cc2c(=O)n1N=Cc1c(C)n([C@@H](C)C(=O)O)c2ccccc12. The molecule has 0 amide bonds. The average molecular weight is 509 g/mol. The summed E-state index contributed by atoms with van der Waals surface area (Å²) in [6, 6.07) is 12.3. The van der Waals surface area contributed by atoms with E-state index in [9.17, 15) is 14.7 Å². The third kappa shape index (κ3) is 3.99. The van der Waals surface area contributed by atoms with Crippen LogP contribution in [0.2, 0.25) is 0 Å². The minimum atomic E-state index is -0.915. The van der Waals surface area contributed by atoms with Crippen LogP contribution in [0.25, 0.3) is 21.8 Å². The number of carbonyl (C=O) groups is 1. The zero-order valence-electron chi connectivity index (χ0n) is 18.9. The Morgan fingerprint density at radius 1 is 1.21 bits per heavy atom. The number of halogens is 1. The van der Waals surface area contributed by atoms with Crippen LogP contribution in [0.1, 0.15) is 56.2 Å². The zero-order valence-corrected chi connectivity index (χ0v) is 20.5. The summed E-state index contributed by atoms with van der Waals surface area (Å²) in [5, 5.41) is 15.6. The molecule has 2 aromatic carbocycles. The molecular weight excluding hydrogens is 484 g/mol. The van der Waals surface area contributed by atoms with E-state index in [4.69, 9.17) is 4.98 Å². The Kier molecular flexibility index (Phi) is 6.21. The first-order valence-electron chi connectivity index (χ1n) is 10.8. The van der Waals surface area contributed by atoms with E-state index in [1.165, 1.54) is 4.68 Å². The van der Waals surface area contributed by atoms with Gasteiger partial charge in [-0.1, -0.05) is 48.0 Å². The number of benzene rings is 2. The maximum absolute atomic E-state index is 13.4. The summed E-state index contributed by atoms with van der Waals surface area (Å²) >= 11 is 3.43. The van der Waals surface area contributed by atoms with Crippen LogP contribution in [0.5, 0.6) is 0 Å². The number of carboxylic acids is 1. The number of aliphatic carboxylic acids is 1. The molecule has 0 radical (unpaired) electrons. The largest absolute Gasteiger partial charge is 0.480 e. The Morgan fingerprint density at radius 2 is 1.94 bits per heavy atom. The Bertz CT molecular complexity index is 1470. The Labute approximate surface area is 199 Å². The standard InChI is InChI=1S/C25H25BrN4O3/c1-5-14(2)23-28-21-11-10-17(26)12-19(21)24(31)30(23)27-13-20-15(3)29(16(4)25(32)33)22-9-7-6-8-18(20)22/h6-14,16H,5H2,1-4H3,(H,32,33)/t14-,16+/m1/s1. The van der Waals surface area contributed by atoms with Gasteiger partial charge in [-0.05, 0) is 44.5 Å². The second-order valence-corrected chi connectivity index (χ2v) is 9.12. The number of nitrogens with zero attached hydrogens (tertiary/aromatic N) is 4. The van der Waals surface area contributed by atoms with Crippen molar-refractivity contribution in [3.05, 3.63) is 74.4 Å². The van der Waals surface area contributed by atoms with E-state index in [1.54, 1.807) is 23.8 Å². The Hall–Kier alpha value is -3.26. The number of fused-ring (bicyclic) bond motifs is 2. The highest BCUT2D eigenvalue weighted by Crippen LogP contribution is 2.28. The minimum absolute atomic E-state index is 0.0253. The number of aromatic nitrogens is 3. The summed E-state index contributed by atoms with van der Waals surface area (Å²) in [7, 11) is 0. The van der Waals surface area contributed by atoms with Crippen molar-refractivity contribution in [3.63, 3.8) is 0 Å². The van der Waals surface area contributed by atoms with Gasteiger partial charge in [-0.3, -0.25) is 4.79 Å². The van der Waals surface area contributed by atoms with Crippen molar-refractivity contribution in [3.8, 4) is 0 Å². The van der Waals surface area contributed by atoms with Gasteiger partial charge in [0.15, 0.2) is 0 Å². The summed E-state index contributed by atoms with van der Waals surface area (Å²) in [5.41, 5.74) is 2.74. The summed E-state index contributed by atoms with van der Waals surface area (Å²) in [4.78, 5) is 29.9. The summed E-state index contributed by atoms with van der Waals surface area (Å²) < 4.78 is 3.95. The average Bonchev–Trinajstić information content (AvgIpc) is 3.08. The minimum Gasteiger partial charge on any atom is -0.480 e. The van der Waals surface area contributed by atoms with E-state index in [0.717, 1.165) is 33.1 Å². The van der Waals surface area contributed by atoms with Crippen molar-refractivity contribution >= 4 is 49.9 Å². The Balaban J connectivity index is 1.96. The van der Waals surface area contributed by atoms with E-state index in [1.807, 2.05) is 57.2 Å². The van der Waals surface area contributed by atoms with Crippen LogP contribution in [-0.2, 0) is 4.79 Å². The molecule has 2 aromatic heterocycles. The smallest absolute Gasteiger partial charge is 0.326 e. The van der Waals surface area contributed by atoms with Crippen LogP contribution < -0.4 is 5.56 Å². The maximum Gasteiger partial charge on any atom is 0.326 e. The molecule has 33 heavy (non-hydrogen) atoms. The molecule has 4 aromatic rings. The van der Waals surface area contributed by atoms with E-state index in [-0.39, 0.29) is 11.5 Å². The van der Waals surface area contributed by atoms with Gasteiger partial charge in [0.1, 0.15) is 11.9 Å². The van der Waals surface area contributed by atoms with Gasteiger partial charge in [0.2, 0.25) is 0 Å². The molecule has 4 rings (SSSR count). The van der Waals surface area contributed by atoms with Crippen molar-refractivity contribution in [1.82, 2.24) is 14.2 Å². The van der Waals surface area contributed by atoms with Gasteiger partial charge in [0.25, 0.3) is 5.56 Å². The highest BCUT2D eigenvalue weighted by molar-refractivity contribution is 9.10. The lowest BCUT2D eigenvalue weighted by atomic mass is 10.1. The molecule has 0 aliphatic rings. The molecule has 1 N–H and O–H groups in total. The molecule has 0 aliphatic heterocycles. The van der Waals surface area contributed by atoms with Crippen molar-refractivity contribution < 1.29 is 9.90 Å². The monoisotopic (exact) mass is 508 g/mol. The molecule has 0 saturated heterocycles. The number of para-hydroxylation sites is 1. The van der Waals surface area contributed by atoms with Gasteiger partial charge in [0, 0.05) is 32.6 Å². The topological polar surface area (TPSA) is 89.5 Å². The first kappa shape index (κ1) is 22.9. The molecule has 2 heterocycles. The zero-order chi connectivity index (χ0) is 23.9. The highest BCUT2D eigenvalue weighted by Gasteiger charge is 2.21. The molecule has 0 bridgehead atoms. The fraction of sp³-hybridized carbons (Fsp3) is 0.280. The van der Waals surface area contributed by atoms with Crippen LogP contribution in [0, 0.1) is 6.92 Å². The lowest BCUT2D eigenvalue weighted by Crippen LogP contribution is -2.23. The lowest BCUT2D eigenvalue weighted by Gasteiger charge is -2.14. The summed E-state index contributed by atoms with van der Waals surface area (Å²) in [5.74, 6) is -0.298. The third-order valence-electron chi connectivity index (χ3n) is 6.14. The van der Waals surface area contributed by atoms with Crippen LogP contribution in [0.3, 0.4) is 0 Å². The Morgan fingerprint density at radius 3 is 2.64 bits per heavy atom. The summed E-state index contributed by atoms with van der Waals surface area (Å²) in [6.45, 7) is 7.58. The second kappa shape index (κ2) is 8.94. The van der Waals surface area contributed by atoms with Crippen molar-refractivity contribution in [2.45, 2.75) is 46.1 Å². The number of carboxylic acid groups (broad SMARTS) is 1. The van der Waals surface area contributed by atoms with E-state index < -0.39 is 12.0 Å². The molecule has 170 valence electrons. The van der Waals surface area contributed by atoms with Gasteiger partial charge in [-0.2, -0.15) is 9.78 Å². The van der Waals surface area contributed by atoms with Crippen LogP contribution in [0.4, 0.5) is 0 Å². The van der Waals surface area contributed by atoms with Gasteiger partial charge < -0.3 is 9.67 Å². The van der Waals surface area contributed by atoms with Gasteiger partial charge >= 0.3 is 5.97 Å². The van der Waals surface area contributed by atoms with Crippen molar-refractivity contribution in [2.24, 2.45) is 5.10 Å². The van der Waals surface area contributed by atoms with Crippen LogP contribution in [0.15, 0.2) is 56.8 Å². The van der Waals surface area contributed by atoms with E-state index in [2.05, 4.69) is 21.0 Å². The normalized spacial score (nSPS) is 13.7. The molecule has 0 unspecified atom stereocenters. The molecule has 7 nitrogen and oxygen atoms in total. The maximum atomic E-state index is 13.4. The molecule has 0 spiro atoms. The molecule has 2 atom stereocenters. The van der Waals surface area contributed by atoms with Gasteiger partial charge in [-0.25, -0.2) is 9.78 Å². The lowest BCUT2D eigenvalue weighted by molar-refractivity contribution is -0.140. The predicted molar refractivity (Wildman–Crippen MR) is 134 cm³/mol. The molecular formula is C25H25BrN4O3. The quantitative estimate of drug-likeness (QED) is 0.350.